The lowest BCUT2D eigenvalue weighted by Gasteiger charge is -2.32. The molecule has 1 saturated heterocycles. The van der Waals surface area contributed by atoms with E-state index in [9.17, 15) is 0 Å². The van der Waals surface area contributed by atoms with Crippen LogP contribution in [0.4, 0.5) is 23.3 Å². The molecule has 0 radical (unpaired) electrons. The number of rotatable bonds is 10. The summed E-state index contributed by atoms with van der Waals surface area (Å²) in [6.45, 7) is 17.2. The van der Waals surface area contributed by atoms with Crippen molar-refractivity contribution in [2.45, 2.75) is 91.5 Å². The van der Waals surface area contributed by atoms with E-state index in [1.165, 1.54) is 0 Å². The molecular weight excluding hydrogens is 946 g/mol. The van der Waals surface area contributed by atoms with Gasteiger partial charge in [-0.05, 0) is 122 Å². The van der Waals surface area contributed by atoms with E-state index >= 15 is 0 Å². The van der Waals surface area contributed by atoms with Crippen LogP contribution in [0.15, 0.2) is 98.1 Å². The van der Waals surface area contributed by atoms with Crippen LogP contribution >= 0.6 is 22.6 Å². The summed E-state index contributed by atoms with van der Waals surface area (Å²) in [4.78, 5) is 18.4. The Balaban J connectivity index is 0.000000165. The summed E-state index contributed by atoms with van der Waals surface area (Å²) in [7, 11) is -0.469. The Morgan fingerprint density at radius 3 is 1.65 bits per heavy atom. The maximum absolute atomic E-state index is 8.79. The first-order chi connectivity index (χ1) is 31.6. The van der Waals surface area contributed by atoms with Crippen molar-refractivity contribution in [2.75, 3.05) is 10.6 Å². The van der Waals surface area contributed by atoms with Crippen LogP contribution in [0.25, 0.3) is 33.2 Å². The molecule has 0 aromatic carbocycles. The van der Waals surface area contributed by atoms with Gasteiger partial charge in [0.25, 0.3) is 0 Å². The molecular formula is C46H48BIN16O2. The average molecular weight is 995 g/mol. The lowest BCUT2D eigenvalue weighted by molar-refractivity contribution is 0.00578. The predicted octanol–water partition coefficient (Wildman–Crippen LogP) is 8.27. The molecule has 1 aliphatic rings. The summed E-state index contributed by atoms with van der Waals surface area (Å²) in [5, 5.41) is 47.9. The Kier molecular flexibility index (Phi) is 14.5. The van der Waals surface area contributed by atoms with E-state index in [0.29, 0.717) is 41.7 Å². The highest BCUT2D eigenvalue weighted by molar-refractivity contribution is 14.1. The summed E-state index contributed by atoms with van der Waals surface area (Å²) in [6.07, 6.45) is 14.2. The molecule has 0 saturated carbocycles. The van der Waals surface area contributed by atoms with E-state index in [1.54, 1.807) is 46.5 Å². The molecule has 0 amide bonds. The van der Waals surface area contributed by atoms with Gasteiger partial charge >= 0.3 is 7.12 Å². The van der Waals surface area contributed by atoms with E-state index in [0.717, 1.165) is 53.4 Å². The van der Waals surface area contributed by atoms with Crippen LogP contribution in [0.5, 0.6) is 0 Å². The van der Waals surface area contributed by atoms with Crippen LogP contribution in [0.3, 0.4) is 0 Å². The van der Waals surface area contributed by atoms with Gasteiger partial charge < -0.3 is 19.9 Å². The number of hydrogen-bond donors (Lipinski definition) is 2. The highest BCUT2D eigenvalue weighted by atomic mass is 127. The molecule has 0 spiro atoms. The van der Waals surface area contributed by atoms with Crippen molar-refractivity contribution in [1.29, 1.82) is 10.5 Å². The molecule has 0 atom stereocenters. The normalized spacial score (nSPS) is 13.7. The third kappa shape index (κ3) is 11.6. The largest absolute Gasteiger partial charge is 0.496 e. The van der Waals surface area contributed by atoms with Crippen molar-refractivity contribution >= 4 is 80.5 Å². The number of nitrogens with one attached hydrogen (secondary N) is 2. The minimum absolute atomic E-state index is 0.212. The number of halogens is 1. The van der Waals surface area contributed by atoms with Crippen LogP contribution in [0.2, 0.25) is 0 Å². The van der Waals surface area contributed by atoms with Gasteiger partial charge in [-0.3, -0.25) is 19.3 Å². The maximum Gasteiger partial charge on any atom is 0.496 e. The van der Waals surface area contributed by atoms with Crippen LogP contribution in [0, 0.1) is 26.2 Å². The molecule has 18 nitrogen and oxygen atoms in total. The van der Waals surface area contributed by atoms with E-state index in [2.05, 4.69) is 113 Å². The fourth-order valence-corrected chi connectivity index (χ4v) is 6.83. The zero-order valence-electron chi connectivity index (χ0n) is 37.8. The molecule has 0 bridgehead atoms. The fraction of sp³-hybridized carbons (Fsp3) is 0.304. The highest BCUT2D eigenvalue weighted by Crippen LogP contribution is 2.36. The quantitative estimate of drug-likeness (QED) is 0.0970. The average Bonchev–Trinajstić information content (AvgIpc) is 4.00. The van der Waals surface area contributed by atoms with Gasteiger partial charge in [-0.15, -0.1) is 10.2 Å². The summed E-state index contributed by atoms with van der Waals surface area (Å²) in [5.41, 5.74) is 7.17. The molecule has 9 heterocycles. The minimum Gasteiger partial charge on any atom is -0.399 e. The van der Waals surface area contributed by atoms with E-state index in [-0.39, 0.29) is 6.54 Å². The summed E-state index contributed by atoms with van der Waals surface area (Å²) in [5.74, 6) is 3.41. The Morgan fingerprint density at radius 2 is 1.14 bits per heavy atom. The third-order valence-electron chi connectivity index (χ3n) is 10.9. The molecule has 66 heavy (non-hydrogen) atoms. The van der Waals surface area contributed by atoms with Gasteiger partial charge in [-0.2, -0.15) is 30.9 Å². The van der Waals surface area contributed by atoms with Gasteiger partial charge in [0.2, 0.25) is 0 Å². The van der Waals surface area contributed by atoms with Gasteiger partial charge in [0.1, 0.15) is 24.7 Å². The van der Waals surface area contributed by atoms with E-state index < -0.39 is 18.3 Å². The van der Waals surface area contributed by atoms with E-state index in [1.807, 2.05) is 94.7 Å². The second-order valence-electron chi connectivity index (χ2n) is 17.0. The number of fused-ring (bicyclic) bond motifs is 2. The first-order valence-corrected chi connectivity index (χ1v) is 22.2. The first-order valence-electron chi connectivity index (χ1n) is 21.1. The van der Waals surface area contributed by atoms with Gasteiger partial charge in [0, 0.05) is 41.4 Å². The lowest BCUT2D eigenvalue weighted by Crippen LogP contribution is -2.41. The van der Waals surface area contributed by atoms with Crippen molar-refractivity contribution in [3.05, 3.63) is 113 Å². The zero-order valence-corrected chi connectivity index (χ0v) is 40.0. The third-order valence-corrected chi connectivity index (χ3v) is 11.4. The van der Waals surface area contributed by atoms with Gasteiger partial charge in [0.05, 0.1) is 73.8 Å². The Hall–Kier alpha value is -7.01. The Labute approximate surface area is 396 Å². The Morgan fingerprint density at radius 1 is 0.621 bits per heavy atom. The molecule has 9 rings (SSSR count). The van der Waals surface area contributed by atoms with Gasteiger partial charge in [-0.1, -0.05) is 27.7 Å². The van der Waals surface area contributed by atoms with Crippen LogP contribution in [-0.2, 0) is 22.4 Å². The topological polar surface area (TPSA) is 229 Å². The van der Waals surface area contributed by atoms with Crippen LogP contribution in [-0.4, -0.2) is 78.2 Å². The SMILES string of the molecule is CC(C)c1cnnc(Nc2ccc3ncc(-c4cnn(CC#N)c4)cc3n2)c1.CC(C)c1cnnc(Nc2ccc3ncc(B4OC(C)(C)C(C)(C)O4)cc3n2)c1.N#CCn1cc(I)cn1. The second-order valence-corrected chi connectivity index (χ2v) is 18.2. The van der Waals surface area contributed by atoms with E-state index in [4.69, 9.17) is 24.8 Å². The highest BCUT2D eigenvalue weighted by Gasteiger charge is 2.51. The number of aromatic nitrogens is 12. The first kappa shape index (κ1) is 47.0. The monoisotopic (exact) mass is 994 g/mol. The zero-order chi connectivity index (χ0) is 47.0. The number of pyridine rings is 4. The summed E-state index contributed by atoms with van der Waals surface area (Å²) < 4.78 is 16.5. The van der Waals surface area contributed by atoms with Gasteiger partial charge in [-0.25, -0.2) is 9.97 Å². The molecule has 0 aliphatic carbocycles. The number of hydrogen-bond acceptors (Lipinski definition) is 16. The van der Waals surface area contributed by atoms with Crippen molar-refractivity contribution in [3.8, 4) is 23.3 Å². The van der Waals surface area contributed by atoms with Crippen LogP contribution < -0.4 is 16.1 Å². The Bertz CT molecular complexity index is 3030. The predicted molar refractivity (Wildman–Crippen MR) is 261 cm³/mol. The molecule has 20 heteroatoms. The molecule has 8 aromatic rings. The van der Waals surface area contributed by atoms with Crippen molar-refractivity contribution in [3.63, 3.8) is 0 Å². The molecule has 334 valence electrons. The molecule has 8 aromatic heterocycles. The van der Waals surface area contributed by atoms with Crippen LogP contribution in [0.1, 0.15) is 78.4 Å². The summed E-state index contributed by atoms with van der Waals surface area (Å²) in [6, 6.07) is 19.5. The minimum atomic E-state index is -0.469. The number of nitriles is 2. The number of anilines is 4. The number of nitrogens with zero attached hydrogens (tertiary/aromatic N) is 14. The molecule has 0 unspecified atom stereocenters. The second kappa shape index (κ2) is 20.4. The standard InChI is InChI=1S/C21H26BN5O2.C20H18N8.C5H4IN3/c1-13(2)14-9-19(27-24-11-14)26-18-8-7-16-17(25-18)10-15(12-23-16)22-28-20(3,4)21(5,6)29-22;1-13(2)14-8-20(27-23-10-14)26-19-4-3-17-18(25-19)7-15(9-22-17)16-11-24-28(12-16)6-5-21;6-5-3-8-9(4-5)2-1-7/h7-13H,1-6H3,(H,25,26,27);3-4,7-13H,6H2,1-2H3,(H,25,26,27);3-4H,2H2. The maximum atomic E-state index is 8.79. The molecule has 2 N–H and O–H groups in total. The lowest BCUT2D eigenvalue weighted by atomic mass is 9.80. The van der Waals surface area contributed by atoms with Crippen molar-refractivity contribution in [2.24, 2.45) is 0 Å². The van der Waals surface area contributed by atoms with Crippen molar-refractivity contribution < 1.29 is 9.31 Å². The molecule has 1 aliphatic heterocycles. The molecule has 1 fully saturated rings. The summed E-state index contributed by atoms with van der Waals surface area (Å²) >= 11 is 2.15. The fourth-order valence-electron chi connectivity index (χ4n) is 6.38. The van der Waals surface area contributed by atoms with Crippen molar-refractivity contribution in [1.82, 2.24) is 59.9 Å². The van der Waals surface area contributed by atoms with Gasteiger partial charge in [0.15, 0.2) is 11.6 Å². The smallest absolute Gasteiger partial charge is 0.399 e.